The number of rotatable bonds is 6. The van der Waals surface area contributed by atoms with Crippen molar-refractivity contribution in [3.05, 3.63) is 30.6 Å². The number of para-hydroxylation sites is 2. The minimum Gasteiger partial charge on any atom is -0.495 e. The van der Waals surface area contributed by atoms with E-state index in [0.717, 1.165) is 30.9 Å². The third-order valence-corrected chi connectivity index (χ3v) is 3.77. The molecule has 1 atom stereocenters. The second kappa shape index (κ2) is 7.15. The fourth-order valence-electron chi connectivity index (χ4n) is 2.53. The van der Waals surface area contributed by atoms with Crippen molar-refractivity contribution in [2.24, 2.45) is 0 Å². The lowest BCUT2D eigenvalue weighted by molar-refractivity contribution is 0.120. The summed E-state index contributed by atoms with van der Waals surface area (Å²) in [6.07, 6.45) is 3.86. The Hall–Kier alpha value is -2.54. The van der Waals surface area contributed by atoms with Crippen molar-refractivity contribution in [2.75, 3.05) is 36.6 Å². The SMILES string of the molecule is COc1ccccc1Nc1ncnc(NCC2CCCO2)c1N. The first-order valence-corrected chi connectivity index (χ1v) is 7.64. The molecule has 3 rings (SSSR count). The molecule has 2 aromatic rings. The molecule has 4 N–H and O–H groups in total. The molecule has 1 unspecified atom stereocenters. The van der Waals surface area contributed by atoms with E-state index in [9.17, 15) is 0 Å². The van der Waals surface area contributed by atoms with Gasteiger partial charge in [-0.15, -0.1) is 0 Å². The van der Waals surface area contributed by atoms with Gasteiger partial charge in [0.1, 0.15) is 17.8 Å². The molecule has 122 valence electrons. The molecule has 1 saturated heterocycles. The number of anilines is 4. The van der Waals surface area contributed by atoms with E-state index in [2.05, 4.69) is 20.6 Å². The monoisotopic (exact) mass is 315 g/mol. The number of methoxy groups -OCH3 is 1. The Bertz CT molecular complexity index is 659. The fraction of sp³-hybridized carbons (Fsp3) is 0.375. The summed E-state index contributed by atoms with van der Waals surface area (Å²) in [6.45, 7) is 1.52. The number of hydrogen-bond donors (Lipinski definition) is 3. The molecule has 0 radical (unpaired) electrons. The lowest BCUT2D eigenvalue weighted by atomic mass is 10.2. The molecule has 1 aromatic heterocycles. The summed E-state index contributed by atoms with van der Waals surface area (Å²) in [4.78, 5) is 8.43. The van der Waals surface area contributed by atoms with E-state index in [1.54, 1.807) is 7.11 Å². The van der Waals surface area contributed by atoms with Gasteiger partial charge < -0.3 is 25.8 Å². The van der Waals surface area contributed by atoms with Crippen LogP contribution in [0.25, 0.3) is 0 Å². The van der Waals surface area contributed by atoms with Crippen LogP contribution in [-0.4, -0.2) is 36.3 Å². The molecule has 7 heteroatoms. The molecule has 1 aliphatic heterocycles. The first-order chi connectivity index (χ1) is 11.3. The maximum atomic E-state index is 6.18. The van der Waals surface area contributed by atoms with E-state index in [1.165, 1.54) is 6.33 Å². The Morgan fingerprint density at radius 2 is 2.13 bits per heavy atom. The van der Waals surface area contributed by atoms with Gasteiger partial charge in [-0.3, -0.25) is 0 Å². The summed E-state index contributed by atoms with van der Waals surface area (Å²) in [6, 6.07) is 7.59. The topological polar surface area (TPSA) is 94.3 Å². The Balaban J connectivity index is 1.73. The van der Waals surface area contributed by atoms with Gasteiger partial charge in [0.2, 0.25) is 0 Å². The van der Waals surface area contributed by atoms with Gasteiger partial charge in [0.05, 0.1) is 18.9 Å². The first kappa shape index (κ1) is 15.4. The zero-order valence-corrected chi connectivity index (χ0v) is 13.1. The summed E-state index contributed by atoms with van der Waals surface area (Å²) < 4.78 is 10.9. The third kappa shape index (κ3) is 3.62. The zero-order chi connectivity index (χ0) is 16.1. The number of nitrogens with zero attached hydrogens (tertiary/aromatic N) is 2. The van der Waals surface area contributed by atoms with Crippen molar-refractivity contribution in [3.8, 4) is 5.75 Å². The maximum absolute atomic E-state index is 6.18. The van der Waals surface area contributed by atoms with Gasteiger partial charge in [-0.2, -0.15) is 0 Å². The van der Waals surface area contributed by atoms with Crippen molar-refractivity contribution >= 4 is 23.0 Å². The van der Waals surface area contributed by atoms with Gasteiger partial charge >= 0.3 is 0 Å². The normalized spacial score (nSPS) is 17.0. The number of aromatic nitrogens is 2. The standard InChI is InChI=1S/C16H21N5O2/c1-22-13-7-3-2-6-12(13)21-16-14(17)15(19-10-20-16)18-9-11-5-4-8-23-11/h2-3,6-7,10-11H,4-5,8-9,17H2,1H3,(H2,18,19,20,21). The van der Waals surface area contributed by atoms with Gasteiger partial charge in [0.25, 0.3) is 0 Å². The molecule has 0 spiro atoms. The van der Waals surface area contributed by atoms with Crippen LogP contribution < -0.4 is 21.1 Å². The highest BCUT2D eigenvalue weighted by Gasteiger charge is 2.16. The minimum atomic E-state index is 0.218. The van der Waals surface area contributed by atoms with E-state index in [-0.39, 0.29) is 6.10 Å². The Labute approximate surface area is 135 Å². The van der Waals surface area contributed by atoms with Crippen molar-refractivity contribution < 1.29 is 9.47 Å². The molecule has 0 aliphatic carbocycles. The minimum absolute atomic E-state index is 0.218. The van der Waals surface area contributed by atoms with E-state index in [0.29, 0.717) is 23.9 Å². The fourth-order valence-corrected chi connectivity index (χ4v) is 2.53. The van der Waals surface area contributed by atoms with Crippen LogP contribution in [0.1, 0.15) is 12.8 Å². The van der Waals surface area contributed by atoms with Gasteiger partial charge in [-0.25, -0.2) is 9.97 Å². The van der Waals surface area contributed by atoms with Crippen LogP contribution in [0.2, 0.25) is 0 Å². The molecule has 0 amide bonds. The number of nitrogen functional groups attached to an aromatic ring is 1. The van der Waals surface area contributed by atoms with E-state index >= 15 is 0 Å². The van der Waals surface area contributed by atoms with Gasteiger partial charge in [0, 0.05) is 13.2 Å². The van der Waals surface area contributed by atoms with E-state index < -0.39 is 0 Å². The molecule has 1 aliphatic rings. The van der Waals surface area contributed by atoms with Gasteiger partial charge in [-0.1, -0.05) is 12.1 Å². The third-order valence-electron chi connectivity index (χ3n) is 3.77. The Morgan fingerprint density at radius 1 is 1.30 bits per heavy atom. The second-order valence-electron chi connectivity index (χ2n) is 5.33. The average Bonchev–Trinajstić information content (AvgIpc) is 3.09. The summed E-state index contributed by atoms with van der Waals surface area (Å²) >= 11 is 0. The number of ether oxygens (including phenoxy) is 2. The molecule has 1 fully saturated rings. The average molecular weight is 315 g/mol. The number of hydrogen-bond acceptors (Lipinski definition) is 7. The molecular weight excluding hydrogens is 294 g/mol. The quantitative estimate of drug-likeness (QED) is 0.753. The second-order valence-corrected chi connectivity index (χ2v) is 5.33. The zero-order valence-electron chi connectivity index (χ0n) is 13.1. The molecule has 0 bridgehead atoms. The largest absolute Gasteiger partial charge is 0.495 e. The van der Waals surface area contributed by atoms with Crippen molar-refractivity contribution in [2.45, 2.75) is 18.9 Å². The predicted molar refractivity (Wildman–Crippen MR) is 90.2 cm³/mol. The molecule has 7 nitrogen and oxygen atoms in total. The van der Waals surface area contributed by atoms with Crippen LogP contribution in [-0.2, 0) is 4.74 Å². The van der Waals surface area contributed by atoms with Crippen LogP contribution in [0.15, 0.2) is 30.6 Å². The number of nitrogens with one attached hydrogen (secondary N) is 2. The highest BCUT2D eigenvalue weighted by molar-refractivity contribution is 5.79. The van der Waals surface area contributed by atoms with Crippen LogP contribution >= 0.6 is 0 Å². The lowest BCUT2D eigenvalue weighted by Crippen LogP contribution is -2.20. The highest BCUT2D eigenvalue weighted by Crippen LogP contribution is 2.30. The summed E-state index contributed by atoms with van der Waals surface area (Å²) in [5.74, 6) is 1.87. The predicted octanol–water partition coefficient (Wildman–Crippen LogP) is 2.40. The molecular formula is C16H21N5O2. The summed E-state index contributed by atoms with van der Waals surface area (Å²) in [5, 5.41) is 6.43. The molecule has 1 aromatic carbocycles. The molecule has 23 heavy (non-hydrogen) atoms. The van der Waals surface area contributed by atoms with Crippen molar-refractivity contribution in [1.82, 2.24) is 9.97 Å². The van der Waals surface area contributed by atoms with Gasteiger partial charge in [-0.05, 0) is 25.0 Å². The Morgan fingerprint density at radius 3 is 2.91 bits per heavy atom. The van der Waals surface area contributed by atoms with Crippen LogP contribution in [0.3, 0.4) is 0 Å². The lowest BCUT2D eigenvalue weighted by Gasteiger charge is -2.15. The summed E-state index contributed by atoms with van der Waals surface area (Å²) in [5.41, 5.74) is 7.44. The molecule has 0 saturated carbocycles. The molecule has 2 heterocycles. The Kier molecular flexibility index (Phi) is 4.77. The number of nitrogens with two attached hydrogens (primary N) is 1. The van der Waals surface area contributed by atoms with Gasteiger partial charge in [0.15, 0.2) is 11.6 Å². The maximum Gasteiger partial charge on any atom is 0.159 e. The van der Waals surface area contributed by atoms with Crippen LogP contribution in [0, 0.1) is 0 Å². The van der Waals surface area contributed by atoms with E-state index in [1.807, 2.05) is 24.3 Å². The van der Waals surface area contributed by atoms with Crippen molar-refractivity contribution in [1.29, 1.82) is 0 Å². The first-order valence-electron chi connectivity index (χ1n) is 7.64. The van der Waals surface area contributed by atoms with Crippen LogP contribution in [0.4, 0.5) is 23.0 Å². The van der Waals surface area contributed by atoms with Crippen LogP contribution in [0.5, 0.6) is 5.75 Å². The summed E-state index contributed by atoms with van der Waals surface area (Å²) in [7, 11) is 1.62. The number of benzene rings is 1. The smallest absolute Gasteiger partial charge is 0.159 e. The van der Waals surface area contributed by atoms with Crippen molar-refractivity contribution in [3.63, 3.8) is 0 Å². The van der Waals surface area contributed by atoms with E-state index in [4.69, 9.17) is 15.2 Å². The highest BCUT2D eigenvalue weighted by atomic mass is 16.5.